The molecule has 0 radical (unpaired) electrons. The Morgan fingerprint density at radius 1 is 1.58 bits per heavy atom. The first-order valence-corrected chi connectivity index (χ1v) is 4.53. The summed E-state index contributed by atoms with van der Waals surface area (Å²) in [4.78, 5) is 0.113. The van der Waals surface area contributed by atoms with Gasteiger partial charge in [0.15, 0.2) is 0 Å². The number of rotatable bonds is 2. The zero-order valence-corrected chi connectivity index (χ0v) is 7.82. The average molecular weight is 206 g/mol. The summed E-state index contributed by atoms with van der Waals surface area (Å²) >= 11 is 3.34. The first kappa shape index (κ1) is 9.51. The molecule has 0 spiro atoms. The minimum atomic E-state index is -2.28. The number of ether oxygens (including phenoxy) is 1. The van der Waals surface area contributed by atoms with E-state index in [0.717, 1.165) is 0 Å². The largest absolute Gasteiger partial charge is 0.768 e. The van der Waals surface area contributed by atoms with Crippen LogP contribution in [0.5, 0.6) is 5.75 Å². The second-order valence-corrected chi connectivity index (χ2v) is 3.38. The van der Waals surface area contributed by atoms with Crippen LogP contribution >= 0.6 is 11.6 Å². The number of benzene rings is 1. The van der Waals surface area contributed by atoms with Crippen LogP contribution in [-0.2, 0) is 11.1 Å². The van der Waals surface area contributed by atoms with Crippen LogP contribution in [0, 0.1) is 0 Å². The van der Waals surface area contributed by atoms with E-state index in [2.05, 4.69) is 0 Å². The fraction of sp³-hybridized carbons (Fsp3) is 0.143. The molecule has 0 aliphatic heterocycles. The van der Waals surface area contributed by atoms with Gasteiger partial charge in [-0.25, -0.2) is 0 Å². The predicted molar refractivity (Wildman–Crippen MR) is 45.2 cm³/mol. The molecule has 0 aromatic heterocycles. The molecular formula is C7H6ClO3S-. The highest BCUT2D eigenvalue weighted by Crippen LogP contribution is 2.24. The molecule has 0 amide bonds. The summed E-state index contributed by atoms with van der Waals surface area (Å²) in [6.07, 6.45) is 0. The second-order valence-electron chi connectivity index (χ2n) is 2.03. The van der Waals surface area contributed by atoms with Gasteiger partial charge in [0.25, 0.3) is 0 Å². The van der Waals surface area contributed by atoms with Gasteiger partial charge in [-0.1, -0.05) is 11.6 Å². The second kappa shape index (κ2) is 3.89. The highest BCUT2D eigenvalue weighted by Gasteiger charge is 2.02. The molecule has 1 unspecified atom stereocenters. The Kier molecular flexibility index (Phi) is 3.08. The Balaban J connectivity index is 3.20. The van der Waals surface area contributed by atoms with Crippen molar-refractivity contribution in [2.24, 2.45) is 0 Å². The van der Waals surface area contributed by atoms with Crippen molar-refractivity contribution < 1.29 is 13.5 Å². The van der Waals surface area contributed by atoms with Crippen molar-refractivity contribution in [1.29, 1.82) is 0 Å². The Hall–Kier alpha value is -0.580. The number of methoxy groups -OCH3 is 1. The summed E-state index contributed by atoms with van der Waals surface area (Å²) in [5.41, 5.74) is 0. The number of hydrogen-bond acceptors (Lipinski definition) is 3. The molecule has 0 saturated carbocycles. The Labute approximate surface area is 77.6 Å². The fourth-order valence-electron chi connectivity index (χ4n) is 0.779. The molecule has 0 heterocycles. The van der Waals surface area contributed by atoms with Gasteiger partial charge in [0.05, 0.1) is 12.0 Å². The topological polar surface area (TPSA) is 49.4 Å². The first-order valence-electron chi connectivity index (χ1n) is 3.08. The summed E-state index contributed by atoms with van der Waals surface area (Å²) in [6, 6.07) is 4.34. The van der Waals surface area contributed by atoms with E-state index in [1.807, 2.05) is 0 Å². The van der Waals surface area contributed by atoms with Gasteiger partial charge in [0.1, 0.15) is 5.75 Å². The van der Waals surface area contributed by atoms with E-state index in [0.29, 0.717) is 5.02 Å². The quantitative estimate of drug-likeness (QED) is 0.689. The summed E-state index contributed by atoms with van der Waals surface area (Å²) in [7, 11) is 1.39. The van der Waals surface area contributed by atoms with Gasteiger partial charge in [-0.2, -0.15) is 0 Å². The van der Waals surface area contributed by atoms with E-state index in [1.54, 1.807) is 0 Å². The van der Waals surface area contributed by atoms with Gasteiger partial charge in [-0.15, -0.1) is 0 Å². The fourth-order valence-corrected chi connectivity index (χ4v) is 1.43. The lowest BCUT2D eigenvalue weighted by molar-refractivity contribution is 0.401. The van der Waals surface area contributed by atoms with Crippen LogP contribution in [0.3, 0.4) is 0 Å². The number of halogens is 1. The van der Waals surface area contributed by atoms with Crippen molar-refractivity contribution in [3.8, 4) is 5.75 Å². The molecule has 0 aliphatic carbocycles. The summed E-state index contributed by atoms with van der Waals surface area (Å²) in [5.74, 6) is 0.260. The zero-order valence-electron chi connectivity index (χ0n) is 6.24. The smallest absolute Gasteiger partial charge is 0.135 e. The van der Waals surface area contributed by atoms with Crippen LogP contribution < -0.4 is 4.74 Å². The minimum Gasteiger partial charge on any atom is -0.768 e. The SMILES string of the molecule is COc1cc(Cl)ccc1S(=O)[O-]. The molecule has 5 heteroatoms. The van der Waals surface area contributed by atoms with Gasteiger partial charge in [-0.3, -0.25) is 4.21 Å². The molecule has 0 fully saturated rings. The van der Waals surface area contributed by atoms with Gasteiger partial charge < -0.3 is 9.29 Å². The maximum atomic E-state index is 10.6. The van der Waals surface area contributed by atoms with Crippen molar-refractivity contribution in [2.75, 3.05) is 7.11 Å². The maximum Gasteiger partial charge on any atom is 0.135 e. The third kappa shape index (κ3) is 1.97. The molecule has 0 aliphatic rings. The Morgan fingerprint density at radius 2 is 2.25 bits per heavy atom. The van der Waals surface area contributed by atoms with Crippen LogP contribution in [0.25, 0.3) is 0 Å². The molecular weight excluding hydrogens is 200 g/mol. The third-order valence-electron chi connectivity index (χ3n) is 1.31. The van der Waals surface area contributed by atoms with Crippen LogP contribution in [0.15, 0.2) is 23.1 Å². The van der Waals surface area contributed by atoms with Crippen molar-refractivity contribution in [3.63, 3.8) is 0 Å². The van der Waals surface area contributed by atoms with E-state index < -0.39 is 11.1 Å². The molecule has 66 valence electrons. The van der Waals surface area contributed by atoms with Crippen LogP contribution in [0.2, 0.25) is 5.02 Å². The van der Waals surface area contributed by atoms with E-state index in [4.69, 9.17) is 16.3 Å². The zero-order chi connectivity index (χ0) is 9.14. The van der Waals surface area contributed by atoms with E-state index in [1.165, 1.54) is 25.3 Å². The standard InChI is InChI=1S/C7H7ClO3S/c1-11-6-4-5(8)2-3-7(6)12(9)10/h2-4H,1H3,(H,9,10)/p-1. The van der Waals surface area contributed by atoms with Crippen molar-refractivity contribution >= 4 is 22.7 Å². The Bertz CT molecular complexity index is 314. The van der Waals surface area contributed by atoms with Gasteiger partial charge >= 0.3 is 0 Å². The summed E-state index contributed by atoms with van der Waals surface area (Å²) < 4.78 is 25.9. The van der Waals surface area contributed by atoms with Crippen LogP contribution in [-0.4, -0.2) is 15.9 Å². The highest BCUT2D eigenvalue weighted by molar-refractivity contribution is 7.79. The van der Waals surface area contributed by atoms with Gasteiger partial charge in [-0.05, 0) is 29.3 Å². The van der Waals surface area contributed by atoms with E-state index in [-0.39, 0.29) is 10.6 Å². The number of hydrogen-bond donors (Lipinski definition) is 0. The predicted octanol–water partition coefficient (Wildman–Crippen LogP) is 1.59. The summed E-state index contributed by atoms with van der Waals surface area (Å²) in [6.45, 7) is 0. The molecule has 3 nitrogen and oxygen atoms in total. The maximum absolute atomic E-state index is 10.6. The van der Waals surface area contributed by atoms with Crippen molar-refractivity contribution in [3.05, 3.63) is 23.2 Å². The van der Waals surface area contributed by atoms with Gasteiger partial charge in [0.2, 0.25) is 0 Å². The van der Waals surface area contributed by atoms with E-state index >= 15 is 0 Å². The van der Waals surface area contributed by atoms with Crippen molar-refractivity contribution in [2.45, 2.75) is 4.90 Å². The molecule has 0 N–H and O–H groups in total. The van der Waals surface area contributed by atoms with Gasteiger partial charge in [0, 0.05) is 5.02 Å². The average Bonchev–Trinajstić information content (AvgIpc) is 2.03. The lowest BCUT2D eigenvalue weighted by Gasteiger charge is -2.10. The molecule has 1 atom stereocenters. The summed E-state index contributed by atoms with van der Waals surface area (Å²) in [5, 5.41) is 0.445. The Morgan fingerprint density at radius 3 is 2.75 bits per heavy atom. The van der Waals surface area contributed by atoms with E-state index in [9.17, 15) is 8.76 Å². The molecule has 1 rings (SSSR count). The van der Waals surface area contributed by atoms with Crippen LogP contribution in [0.1, 0.15) is 0 Å². The molecule has 1 aromatic carbocycles. The molecule has 0 bridgehead atoms. The lowest BCUT2D eigenvalue weighted by Crippen LogP contribution is -1.94. The third-order valence-corrected chi connectivity index (χ3v) is 2.24. The lowest BCUT2D eigenvalue weighted by atomic mass is 10.3. The highest BCUT2D eigenvalue weighted by atomic mass is 35.5. The van der Waals surface area contributed by atoms with Crippen LogP contribution in [0.4, 0.5) is 0 Å². The first-order chi connectivity index (χ1) is 5.65. The minimum absolute atomic E-state index is 0.113. The molecule has 1 aromatic rings. The monoisotopic (exact) mass is 205 g/mol. The molecule has 0 saturated heterocycles. The normalized spacial score (nSPS) is 12.6. The molecule has 12 heavy (non-hydrogen) atoms. The van der Waals surface area contributed by atoms with Crippen molar-refractivity contribution in [1.82, 2.24) is 0 Å².